The number of ether oxygens (including phenoxy) is 1. The van der Waals surface area contributed by atoms with Gasteiger partial charge in [-0.05, 0) is 39.3 Å². The molecule has 8 nitrogen and oxygen atoms in total. The molecule has 32 heavy (non-hydrogen) atoms. The zero-order chi connectivity index (χ0) is 22.9. The van der Waals surface area contributed by atoms with Crippen LogP contribution in [-0.4, -0.2) is 46.1 Å². The molecule has 1 aromatic carbocycles. The topological polar surface area (TPSA) is 87.5 Å². The Morgan fingerprint density at radius 1 is 1.12 bits per heavy atom. The van der Waals surface area contributed by atoms with Crippen molar-refractivity contribution in [2.24, 2.45) is 0 Å². The summed E-state index contributed by atoms with van der Waals surface area (Å²) in [7, 11) is 0.851. The van der Waals surface area contributed by atoms with E-state index in [0.717, 1.165) is 5.56 Å². The molecule has 2 aromatic heterocycles. The van der Waals surface area contributed by atoms with E-state index in [-0.39, 0.29) is 17.4 Å². The van der Waals surface area contributed by atoms with E-state index in [1.54, 1.807) is 29.3 Å². The van der Waals surface area contributed by atoms with Gasteiger partial charge in [0.05, 0.1) is 36.7 Å². The van der Waals surface area contributed by atoms with Gasteiger partial charge in [-0.1, -0.05) is 30.3 Å². The molecular formula is C23H27BN4O4. The van der Waals surface area contributed by atoms with Crippen molar-refractivity contribution in [3.8, 4) is 5.88 Å². The fourth-order valence-electron chi connectivity index (χ4n) is 3.39. The second-order valence-electron chi connectivity index (χ2n) is 8.78. The highest BCUT2D eigenvalue weighted by atomic mass is 16.7. The van der Waals surface area contributed by atoms with Crippen LogP contribution in [0.3, 0.4) is 0 Å². The zero-order valence-electron chi connectivity index (χ0n) is 19.0. The molecule has 1 saturated heterocycles. The van der Waals surface area contributed by atoms with E-state index in [1.807, 2.05) is 58.0 Å². The smallest absolute Gasteiger partial charge is 0.480 e. The van der Waals surface area contributed by atoms with Gasteiger partial charge in [0.25, 0.3) is 5.91 Å². The van der Waals surface area contributed by atoms with Crippen LogP contribution in [0.2, 0.25) is 0 Å². The van der Waals surface area contributed by atoms with Crippen molar-refractivity contribution in [1.29, 1.82) is 0 Å². The van der Waals surface area contributed by atoms with Crippen LogP contribution in [0.25, 0.3) is 0 Å². The quantitative estimate of drug-likeness (QED) is 0.601. The summed E-state index contributed by atoms with van der Waals surface area (Å²) in [6, 6.07) is 11.7. The van der Waals surface area contributed by atoms with Gasteiger partial charge >= 0.3 is 7.12 Å². The highest BCUT2D eigenvalue weighted by Gasteiger charge is 2.52. The Kier molecular flexibility index (Phi) is 5.79. The summed E-state index contributed by atoms with van der Waals surface area (Å²) in [5, 5.41) is 7.19. The lowest BCUT2D eigenvalue weighted by molar-refractivity contribution is 0.00578. The molecule has 0 aliphatic carbocycles. The average molecular weight is 434 g/mol. The first-order valence-corrected chi connectivity index (χ1v) is 10.5. The number of carbonyl (C=O) groups excluding carboxylic acids is 1. The standard InChI is InChI=1S/C23H27BN4O4/c1-22(2)23(3,4)32-24(31-22)17-11-19(21(30-5)25-12-17)20(29)27-18-13-26-28(15-18)14-16-9-7-6-8-10-16/h6-13,15H,14H2,1-5H3,(H,27,29). The number of methoxy groups -OCH3 is 1. The van der Waals surface area contributed by atoms with Crippen molar-refractivity contribution >= 4 is 24.2 Å². The van der Waals surface area contributed by atoms with Crippen molar-refractivity contribution in [3.63, 3.8) is 0 Å². The van der Waals surface area contributed by atoms with Crippen LogP contribution >= 0.6 is 0 Å². The summed E-state index contributed by atoms with van der Waals surface area (Å²) >= 11 is 0. The fourth-order valence-corrected chi connectivity index (χ4v) is 3.39. The molecule has 1 N–H and O–H groups in total. The molecule has 0 unspecified atom stereocenters. The Bertz CT molecular complexity index is 1100. The van der Waals surface area contributed by atoms with Crippen LogP contribution in [0.4, 0.5) is 5.69 Å². The molecule has 9 heteroatoms. The number of hydrogen-bond donors (Lipinski definition) is 1. The molecule has 1 fully saturated rings. The number of amides is 1. The summed E-state index contributed by atoms with van der Waals surface area (Å²) in [6.45, 7) is 8.52. The van der Waals surface area contributed by atoms with Gasteiger partial charge < -0.3 is 19.4 Å². The van der Waals surface area contributed by atoms with Crippen LogP contribution in [0, 0.1) is 0 Å². The lowest BCUT2D eigenvalue weighted by Crippen LogP contribution is -2.41. The van der Waals surface area contributed by atoms with Crippen molar-refractivity contribution in [2.75, 3.05) is 12.4 Å². The average Bonchev–Trinajstić information content (AvgIpc) is 3.28. The van der Waals surface area contributed by atoms with Gasteiger partial charge in [0.2, 0.25) is 5.88 Å². The van der Waals surface area contributed by atoms with Crippen LogP contribution in [0.1, 0.15) is 43.6 Å². The maximum Gasteiger partial charge on any atom is 0.496 e. The molecule has 1 aliphatic heterocycles. The molecule has 0 bridgehead atoms. The number of carbonyl (C=O) groups is 1. The van der Waals surface area contributed by atoms with Crippen LogP contribution in [0.15, 0.2) is 55.0 Å². The normalized spacial score (nSPS) is 16.7. The molecule has 0 saturated carbocycles. The van der Waals surface area contributed by atoms with Crippen molar-refractivity contribution < 1.29 is 18.8 Å². The van der Waals surface area contributed by atoms with Gasteiger partial charge in [-0.15, -0.1) is 0 Å². The number of hydrogen-bond acceptors (Lipinski definition) is 6. The van der Waals surface area contributed by atoms with E-state index in [4.69, 9.17) is 14.0 Å². The molecule has 4 rings (SSSR count). The Balaban J connectivity index is 1.52. The van der Waals surface area contributed by atoms with E-state index in [0.29, 0.717) is 17.7 Å². The molecule has 0 spiro atoms. The SMILES string of the molecule is COc1ncc(B2OC(C)(C)C(C)(C)O2)cc1C(=O)Nc1cnn(Cc2ccccc2)c1. The van der Waals surface area contributed by atoms with E-state index in [9.17, 15) is 4.79 Å². The summed E-state index contributed by atoms with van der Waals surface area (Å²) in [4.78, 5) is 17.3. The van der Waals surface area contributed by atoms with Gasteiger partial charge in [0, 0.05) is 17.9 Å². The monoisotopic (exact) mass is 434 g/mol. The highest BCUT2D eigenvalue weighted by molar-refractivity contribution is 6.62. The largest absolute Gasteiger partial charge is 0.496 e. The van der Waals surface area contributed by atoms with E-state index in [2.05, 4.69) is 15.4 Å². The highest BCUT2D eigenvalue weighted by Crippen LogP contribution is 2.36. The number of benzene rings is 1. The lowest BCUT2D eigenvalue weighted by atomic mass is 9.79. The third kappa shape index (κ3) is 4.40. The molecule has 0 radical (unpaired) electrons. The third-order valence-electron chi connectivity index (χ3n) is 5.91. The van der Waals surface area contributed by atoms with Gasteiger partial charge in [0.15, 0.2) is 0 Å². The number of nitrogens with one attached hydrogen (secondary N) is 1. The van der Waals surface area contributed by atoms with Gasteiger partial charge in [-0.3, -0.25) is 9.48 Å². The molecule has 1 aliphatic rings. The van der Waals surface area contributed by atoms with Crippen LogP contribution in [-0.2, 0) is 15.9 Å². The van der Waals surface area contributed by atoms with Gasteiger partial charge in [0.1, 0.15) is 5.56 Å². The van der Waals surface area contributed by atoms with Crippen LogP contribution < -0.4 is 15.5 Å². The summed E-state index contributed by atoms with van der Waals surface area (Å²) < 4.78 is 19.3. The maximum absolute atomic E-state index is 13.0. The minimum Gasteiger partial charge on any atom is -0.480 e. The maximum atomic E-state index is 13.0. The van der Waals surface area contributed by atoms with Crippen molar-refractivity contribution in [1.82, 2.24) is 14.8 Å². The minimum atomic E-state index is -0.626. The molecular weight excluding hydrogens is 407 g/mol. The Morgan fingerprint density at radius 2 is 1.81 bits per heavy atom. The van der Waals surface area contributed by atoms with E-state index < -0.39 is 18.3 Å². The first-order valence-electron chi connectivity index (χ1n) is 10.5. The Labute approximate surface area is 188 Å². The molecule has 0 atom stereocenters. The first-order chi connectivity index (χ1) is 15.2. The number of anilines is 1. The van der Waals surface area contributed by atoms with Crippen molar-refractivity contribution in [3.05, 3.63) is 66.1 Å². The lowest BCUT2D eigenvalue weighted by Gasteiger charge is -2.32. The van der Waals surface area contributed by atoms with Gasteiger partial charge in [-0.2, -0.15) is 5.10 Å². The second-order valence-corrected chi connectivity index (χ2v) is 8.78. The number of rotatable bonds is 6. The molecule has 3 heterocycles. The zero-order valence-corrected chi connectivity index (χ0v) is 19.0. The number of pyridine rings is 1. The molecule has 166 valence electrons. The Hall–Kier alpha value is -3.17. The van der Waals surface area contributed by atoms with E-state index in [1.165, 1.54) is 7.11 Å². The number of nitrogens with zero attached hydrogens (tertiary/aromatic N) is 3. The van der Waals surface area contributed by atoms with E-state index >= 15 is 0 Å². The minimum absolute atomic E-state index is 0.222. The third-order valence-corrected chi connectivity index (χ3v) is 5.91. The predicted molar refractivity (Wildman–Crippen MR) is 122 cm³/mol. The second kappa shape index (κ2) is 8.40. The molecule has 3 aromatic rings. The predicted octanol–water partition coefficient (Wildman–Crippen LogP) is 2.89. The van der Waals surface area contributed by atoms with Gasteiger partial charge in [-0.25, -0.2) is 4.98 Å². The number of aromatic nitrogens is 3. The summed E-state index contributed by atoms with van der Waals surface area (Å²) in [5.74, 6) is -0.133. The van der Waals surface area contributed by atoms with Crippen molar-refractivity contribution in [2.45, 2.75) is 45.4 Å². The fraction of sp³-hybridized carbons (Fsp3) is 0.348. The Morgan fingerprint density at radius 3 is 2.47 bits per heavy atom. The summed E-state index contributed by atoms with van der Waals surface area (Å²) in [6.07, 6.45) is 5.00. The first kappa shape index (κ1) is 22.0. The molecule has 1 amide bonds. The summed E-state index contributed by atoms with van der Waals surface area (Å²) in [5.41, 5.74) is 1.65. The van der Waals surface area contributed by atoms with Crippen LogP contribution in [0.5, 0.6) is 5.88 Å².